The average Bonchev–Trinajstić information content (AvgIpc) is 3.01. The molecule has 1 aliphatic carbocycles. The highest BCUT2D eigenvalue weighted by atomic mass is 19.4. The third-order valence-electron chi connectivity index (χ3n) is 8.84. The van der Waals surface area contributed by atoms with Gasteiger partial charge in [-0.15, -0.1) is 0 Å². The maximum atomic E-state index is 13.3. The molecule has 0 amide bonds. The Hall–Kier alpha value is -2.71. The topological polar surface area (TPSA) is 30.9 Å². The number of rotatable bonds is 11. The number of nitrogens with zero attached hydrogens (tertiary/aromatic N) is 1. The summed E-state index contributed by atoms with van der Waals surface area (Å²) in [6, 6.07) is 30.3. The molecule has 0 radical (unpaired) electrons. The van der Waals surface area contributed by atoms with Crippen LogP contribution in [-0.2, 0) is 34.0 Å². The Kier molecular flexibility index (Phi) is 10.7. The van der Waals surface area contributed by atoms with Crippen LogP contribution in [0.15, 0.2) is 91.0 Å². The van der Waals surface area contributed by atoms with E-state index >= 15 is 0 Å². The molecule has 0 N–H and O–H groups in total. The number of likely N-dealkylation sites (tertiary alicyclic amines) is 1. The minimum Gasteiger partial charge on any atom is -0.369 e. The van der Waals surface area contributed by atoms with E-state index < -0.39 is 12.1 Å². The summed E-state index contributed by atoms with van der Waals surface area (Å²) in [7, 11) is 0. The van der Waals surface area contributed by atoms with E-state index in [2.05, 4.69) is 24.0 Å². The fourth-order valence-electron chi connectivity index (χ4n) is 6.33. The monoisotopic (exact) mass is 581 g/mol. The van der Waals surface area contributed by atoms with E-state index in [1.165, 1.54) is 0 Å². The number of piperidine rings is 1. The van der Waals surface area contributed by atoms with Crippen LogP contribution in [0.5, 0.6) is 0 Å². The van der Waals surface area contributed by atoms with Crippen LogP contribution >= 0.6 is 0 Å². The summed E-state index contributed by atoms with van der Waals surface area (Å²) < 4.78 is 59.8. The van der Waals surface area contributed by atoms with Crippen molar-refractivity contribution in [1.29, 1.82) is 0 Å². The van der Waals surface area contributed by atoms with Gasteiger partial charge in [0.2, 0.25) is 0 Å². The van der Waals surface area contributed by atoms with Crippen molar-refractivity contribution in [2.24, 2.45) is 11.8 Å². The molecule has 5 rings (SSSR count). The number of hydrogen-bond donors (Lipinski definition) is 0. The second-order valence-electron chi connectivity index (χ2n) is 11.8. The summed E-state index contributed by atoms with van der Waals surface area (Å²) in [4.78, 5) is 2.37. The van der Waals surface area contributed by atoms with Crippen molar-refractivity contribution in [3.63, 3.8) is 0 Å². The van der Waals surface area contributed by atoms with Gasteiger partial charge in [0.25, 0.3) is 0 Å². The number of hydrogen-bond acceptors (Lipinski definition) is 4. The Morgan fingerprint density at radius 2 is 1.10 bits per heavy atom. The van der Waals surface area contributed by atoms with Crippen molar-refractivity contribution in [3.8, 4) is 0 Å². The zero-order valence-corrected chi connectivity index (χ0v) is 24.3. The lowest BCUT2D eigenvalue weighted by atomic mass is 9.80. The summed E-state index contributed by atoms with van der Waals surface area (Å²) in [5, 5.41) is 0. The lowest BCUT2D eigenvalue weighted by Gasteiger charge is -2.48. The zero-order chi connectivity index (χ0) is 29.4. The molecule has 4 atom stereocenters. The number of benzene rings is 3. The second-order valence-corrected chi connectivity index (χ2v) is 11.8. The molecule has 1 heterocycles. The predicted octanol–water partition coefficient (Wildman–Crippen LogP) is 7.82. The lowest BCUT2D eigenvalue weighted by molar-refractivity contribution is -0.204. The predicted molar refractivity (Wildman–Crippen MR) is 158 cm³/mol. The van der Waals surface area contributed by atoms with Gasteiger partial charge in [0.1, 0.15) is 12.2 Å². The lowest BCUT2D eigenvalue weighted by Crippen LogP contribution is -2.63. The summed E-state index contributed by atoms with van der Waals surface area (Å²) in [6.45, 7) is 4.85. The van der Waals surface area contributed by atoms with Crippen LogP contribution in [0.3, 0.4) is 0 Å². The fourth-order valence-corrected chi connectivity index (χ4v) is 6.33. The molecular formula is C35H42F3NO3. The molecule has 1 aliphatic heterocycles. The van der Waals surface area contributed by atoms with E-state index in [0.717, 1.165) is 23.2 Å². The van der Waals surface area contributed by atoms with Crippen LogP contribution in [0.25, 0.3) is 0 Å². The SMILES string of the molecule is CC1C(OCc2ccccc2)C(OCc2ccccc2)C(OCc2ccccc2)CN1CC1CCC(C(F)(F)F)CC1. The second kappa shape index (κ2) is 14.6. The molecule has 3 aromatic rings. The first-order valence-electron chi connectivity index (χ1n) is 15.1. The van der Waals surface area contributed by atoms with Crippen molar-refractivity contribution < 1.29 is 27.4 Å². The summed E-state index contributed by atoms with van der Waals surface area (Å²) in [5.74, 6) is -0.954. The Balaban J connectivity index is 1.34. The Morgan fingerprint density at radius 1 is 0.643 bits per heavy atom. The van der Waals surface area contributed by atoms with E-state index in [4.69, 9.17) is 14.2 Å². The molecule has 1 saturated heterocycles. The first-order chi connectivity index (χ1) is 20.4. The molecule has 1 saturated carbocycles. The van der Waals surface area contributed by atoms with Crippen molar-refractivity contribution in [3.05, 3.63) is 108 Å². The molecule has 0 aromatic heterocycles. The van der Waals surface area contributed by atoms with Crippen molar-refractivity contribution in [2.45, 2.75) is 83.0 Å². The zero-order valence-electron chi connectivity index (χ0n) is 24.3. The smallest absolute Gasteiger partial charge is 0.369 e. The van der Waals surface area contributed by atoms with Crippen LogP contribution in [0, 0.1) is 11.8 Å². The molecule has 3 aromatic carbocycles. The van der Waals surface area contributed by atoms with Crippen molar-refractivity contribution in [1.82, 2.24) is 4.90 Å². The molecule has 4 nitrogen and oxygen atoms in total. The molecule has 7 heteroatoms. The van der Waals surface area contributed by atoms with Gasteiger partial charge < -0.3 is 14.2 Å². The molecule has 0 bridgehead atoms. The van der Waals surface area contributed by atoms with Gasteiger partial charge in [-0.25, -0.2) is 0 Å². The Labute approximate surface area is 247 Å². The summed E-state index contributed by atoms with van der Waals surface area (Å²) in [6.07, 6.45) is -3.36. The van der Waals surface area contributed by atoms with E-state index in [9.17, 15) is 13.2 Å². The van der Waals surface area contributed by atoms with E-state index in [1.54, 1.807) is 0 Å². The highest BCUT2D eigenvalue weighted by Crippen LogP contribution is 2.40. The van der Waals surface area contributed by atoms with Crippen molar-refractivity contribution in [2.75, 3.05) is 13.1 Å². The van der Waals surface area contributed by atoms with Gasteiger partial charge in [0, 0.05) is 19.1 Å². The van der Waals surface area contributed by atoms with Gasteiger partial charge in [0.15, 0.2) is 0 Å². The van der Waals surface area contributed by atoms with Gasteiger partial charge in [-0.05, 0) is 55.2 Å². The minimum absolute atomic E-state index is 0.00593. The number of halogens is 3. The van der Waals surface area contributed by atoms with E-state index in [0.29, 0.717) is 39.2 Å². The average molecular weight is 582 g/mol. The molecule has 226 valence electrons. The third-order valence-corrected chi connectivity index (χ3v) is 8.84. The van der Waals surface area contributed by atoms with Gasteiger partial charge in [-0.1, -0.05) is 91.0 Å². The fraction of sp³-hybridized carbons (Fsp3) is 0.486. The molecule has 2 fully saturated rings. The molecule has 42 heavy (non-hydrogen) atoms. The normalized spacial score (nSPS) is 27.1. The largest absolute Gasteiger partial charge is 0.391 e. The summed E-state index contributed by atoms with van der Waals surface area (Å²) >= 11 is 0. The quantitative estimate of drug-likeness (QED) is 0.231. The number of ether oxygens (including phenoxy) is 3. The Bertz CT molecular complexity index is 1190. The standard InChI is InChI=1S/C35H42F3NO3/c1-26-33(41-24-29-13-7-3-8-14-29)34(42-25-30-15-9-4-10-16-30)32(40-23-28-11-5-2-6-12-28)22-39(26)21-27-17-19-31(20-18-27)35(36,37)38/h2-16,26-27,31-34H,17-25H2,1H3. The summed E-state index contributed by atoms with van der Waals surface area (Å²) in [5.41, 5.74) is 3.24. The molecule has 2 aliphatic rings. The van der Waals surface area contributed by atoms with Gasteiger partial charge >= 0.3 is 6.18 Å². The molecule has 4 unspecified atom stereocenters. The van der Waals surface area contributed by atoms with Gasteiger partial charge in [-0.2, -0.15) is 13.2 Å². The molecule has 0 spiro atoms. The van der Waals surface area contributed by atoms with Crippen LogP contribution in [0.2, 0.25) is 0 Å². The van der Waals surface area contributed by atoms with Crippen LogP contribution in [-0.4, -0.2) is 48.5 Å². The third kappa shape index (κ3) is 8.44. The van der Waals surface area contributed by atoms with E-state index in [-0.39, 0.29) is 43.1 Å². The maximum Gasteiger partial charge on any atom is 0.391 e. The highest BCUT2D eigenvalue weighted by Gasteiger charge is 2.46. The molecular weight excluding hydrogens is 539 g/mol. The maximum absolute atomic E-state index is 13.3. The highest BCUT2D eigenvalue weighted by molar-refractivity contribution is 5.16. The Morgan fingerprint density at radius 3 is 1.57 bits per heavy atom. The van der Waals surface area contributed by atoms with Crippen LogP contribution in [0.1, 0.15) is 49.3 Å². The first-order valence-corrected chi connectivity index (χ1v) is 15.1. The van der Waals surface area contributed by atoms with Crippen molar-refractivity contribution >= 4 is 0 Å². The van der Waals surface area contributed by atoms with Gasteiger partial charge in [0.05, 0.1) is 31.8 Å². The van der Waals surface area contributed by atoms with Crippen LogP contribution < -0.4 is 0 Å². The van der Waals surface area contributed by atoms with Crippen LogP contribution in [0.4, 0.5) is 13.2 Å². The number of alkyl halides is 3. The van der Waals surface area contributed by atoms with Gasteiger partial charge in [-0.3, -0.25) is 4.90 Å². The van der Waals surface area contributed by atoms with E-state index in [1.807, 2.05) is 78.9 Å². The minimum atomic E-state index is -4.10. The first kappa shape index (κ1) is 30.7.